The molecule has 1 heterocycles. The van der Waals surface area contributed by atoms with Crippen LogP contribution in [0.3, 0.4) is 0 Å². The van der Waals surface area contributed by atoms with Crippen LogP contribution in [0.25, 0.3) is 0 Å². The van der Waals surface area contributed by atoms with Crippen molar-refractivity contribution in [2.24, 2.45) is 0 Å². The van der Waals surface area contributed by atoms with E-state index in [4.69, 9.17) is 24.5 Å². The monoisotopic (exact) mass is 373 g/mol. The molecule has 0 amide bonds. The zero-order valence-corrected chi connectivity index (χ0v) is 15.0. The number of phenolic OH excluding ortho intramolecular Hbond substituents is 1. The van der Waals surface area contributed by atoms with E-state index in [1.165, 1.54) is 11.1 Å². The predicted molar refractivity (Wildman–Crippen MR) is 98.9 cm³/mol. The number of hydrogen-bond donors (Lipinski definition) is 3. The molecule has 0 radical (unpaired) electrons. The SMILES string of the molecule is CN(Cc1ccccc1)CC1CCc2ccc(O)cc2O1.O=C(O)C(=O)O. The molecule has 0 saturated carbocycles. The normalized spacial score (nSPS) is 15.1. The number of ether oxygens (including phenoxy) is 1. The largest absolute Gasteiger partial charge is 0.508 e. The third kappa shape index (κ3) is 6.63. The topological polar surface area (TPSA) is 107 Å². The van der Waals surface area contributed by atoms with Gasteiger partial charge in [0.1, 0.15) is 17.6 Å². The molecule has 3 rings (SSSR count). The molecule has 0 bridgehead atoms. The fourth-order valence-corrected chi connectivity index (χ4v) is 2.85. The Morgan fingerprint density at radius 2 is 1.78 bits per heavy atom. The van der Waals surface area contributed by atoms with Crippen LogP contribution in [0, 0.1) is 0 Å². The van der Waals surface area contributed by atoms with Crippen LogP contribution in [0.4, 0.5) is 0 Å². The van der Waals surface area contributed by atoms with E-state index in [-0.39, 0.29) is 11.9 Å². The summed E-state index contributed by atoms with van der Waals surface area (Å²) in [5.74, 6) is -2.54. The van der Waals surface area contributed by atoms with Gasteiger partial charge in [-0.25, -0.2) is 9.59 Å². The lowest BCUT2D eigenvalue weighted by atomic mass is 10.0. The van der Waals surface area contributed by atoms with Gasteiger partial charge in [0, 0.05) is 19.2 Å². The number of carboxylic acids is 2. The molecule has 1 atom stereocenters. The van der Waals surface area contributed by atoms with E-state index in [2.05, 4.69) is 36.2 Å². The zero-order valence-electron chi connectivity index (χ0n) is 15.0. The first kappa shape index (κ1) is 20.3. The van der Waals surface area contributed by atoms with Crippen molar-refractivity contribution in [3.05, 3.63) is 59.7 Å². The molecule has 1 unspecified atom stereocenters. The van der Waals surface area contributed by atoms with E-state index >= 15 is 0 Å². The number of fused-ring (bicyclic) bond motifs is 1. The number of hydrogen-bond acceptors (Lipinski definition) is 5. The average molecular weight is 373 g/mol. The van der Waals surface area contributed by atoms with Crippen LogP contribution in [0.5, 0.6) is 11.5 Å². The Balaban J connectivity index is 0.000000380. The van der Waals surface area contributed by atoms with E-state index < -0.39 is 11.9 Å². The maximum Gasteiger partial charge on any atom is 0.414 e. The smallest absolute Gasteiger partial charge is 0.414 e. The molecule has 0 aromatic heterocycles. The second-order valence-corrected chi connectivity index (χ2v) is 6.36. The van der Waals surface area contributed by atoms with Gasteiger partial charge in [-0.05, 0) is 37.1 Å². The molecular weight excluding hydrogens is 350 g/mol. The number of nitrogens with zero attached hydrogens (tertiary/aromatic N) is 1. The fraction of sp³-hybridized carbons (Fsp3) is 0.300. The average Bonchev–Trinajstić information content (AvgIpc) is 2.62. The highest BCUT2D eigenvalue weighted by molar-refractivity contribution is 6.27. The van der Waals surface area contributed by atoms with Gasteiger partial charge in [0.15, 0.2) is 0 Å². The summed E-state index contributed by atoms with van der Waals surface area (Å²) < 4.78 is 6.02. The zero-order chi connectivity index (χ0) is 19.8. The lowest BCUT2D eigenvalue weighted by molar-refractivity contribution is -0.159. The molecular formula is C20H23NO6. The van der Waals surface area contributed by atoms with Crippen molar-refractivity contribution in [2.75, 3.05) is 13.6 Å². The van der Waals surface area contributed by atoms with Gasteiger partial charge in [0.2, 0.25) is 0 Å². The number of rotatable bonds is 4. The van der Waals surface area contributed by atoms with Crippen LogP contribution >= 0.6 is 0 Å². The number of aryl methyl sites for hydroxylation is 1. The quantitative estimate of drug-likeness (QED) is 0.706. The number of carboxylic acid groups (broad SMARTS) is 2. The second kappa shape index (κ2) is 9.59. The first-order valence-corrected chi connectivity index (χ1v) is 8.52. The third-order valence-electron chi connectivity index (χ3n) is 4.07. The van der Waals surface area contributed by atoms with Gasteiger partial charge in [0.05, 0.1) is 0 Å². The van der Waals surface area contributed by atoms with E-state index in [0.717, 1.165) is 31.7 Å². The van der Waals surface area contributed by atoms with E-state index in [1.54, 1.807) is 12.1 Å². The molecule has 0 fully saturated rings. The first-order valence-electron chi connectivity index (χ1n) is 8.52. The standard InChI is InChI=1S/C18H21NO2.C2H2O4/c1-19(12-14-5-3-2-4-6-14)13-17-10-8-15-7-9-16(20)11-18(15)21-17;3-1(4)2(5)6/h2-7,9,11,17,20H,8,10,12-13H2,1H3;(H,3,4)(H,5,6). The predicted octanol–water partition coefficient (Wildman–Crippen LogP) is 2.37. The van der Waals surface area contributed by atoms with Crippen molar-refractivity contribution >= 4 is 11.9 Å². The third-order valence-corrected chi connectivity index (χ3v) is 4.07. The molecule has 7 heteroatoms. The number of likely N-dealkylation sites (N-methyl/N-ethyl adjacent to an activating group) is 1. The van der Waals surface area contributed by atoms with E-state index in [1.807, 2.05) is 12.1 Å². The van der Waals surface area contributed by atoms with Gasteiger partial charge in [-0.15, -0.1) is 0 Å². The minimum Gasteiger partial charge on any atom is -0.508 e. The van der Waals surface area contributed by atoms with Crippen LogP contribution in [0.15, 0.2) is 48.5 Å². The minimum atomic E-state index is -1.82. The highest BCUT2D eigenvalue weighted by Crippen LogP contribution is 2.31. The fourth-order valence-electron chi connectivity index (χ4n) is 2.85. The van der Waals surface area contributed by atoms with Gasteiger partial charge >= 0.3 is 11.9 Å². The minimum absolute atomic E-state index is 0.188. The highest BCUT2D eigenvalue weighted by Gasteiger charge is 2.21. The number of carbonyl (C=O) groups is 2. The van der Waals surface area contributed by atoms with Crippen molar-refractivity contribution in [1.82, 2.24) is 4.90 Å². The number of phenols is 1. The summed E-state index contributed by atoms with van der Waals surface area (Å²) in [5, 5.41) is 24.3. The van der Waals surface area contributed by atoms with Gasteiger partial charge in [-0.3, -0.25) is 4.90 Å². The first-order chi connectivity index (χ1) is 12.8. The summed E-state index contributed by atoms with van der Waals surface area (Å²) in [6, 6.07) is 15.9. The number of aromatic hydroxyl groups is 1. The molecule has 2 aromatic carbocycles. The van der Waals surface area contributed by atoms with Crippen molar-refractivity contribution < 1.29 is 29.6 Å². The molecule has 0 saturated heterocycles. The van der Waals surface area contributed by atoms with Crippen LogP contribution < -0.4 is 4.74 Å². The Hall–Kier alpha value is -3.06. The summed E-state index contributed by atoms with van der Waals surface area (Å²) in [7, 11) is 2.12. The molecule has 1 aliphatic rings. The molecule has 144 valence electrons. The molecule has 0 spiro atoms. The summed E-state index contributed by atoms with van der Waals surface area (Å²) >= 11 is 0. The van der Waals surface area contributed by atoms with Gasteiger partial charge in [0.25, 0.3) is 0 Å². The number of benzene rings is 2. The summed E-state index contributed by atoms with van der Waals surface area (Å²) in [6.45, 7) is 1.82. The summed E-state index contributed by atoms with van der Waals surface area (Å²) in [4.78, 5) is 20.5. The van der Waals surface area contributed by atoms with Crippen molar-refractivity contribution in [2.45, 2.75) is 25.5 Å². The lowest BCUT2D eigenvalue weighted by Crippen LogP contribution is -2.35. The maximum absolute atomic E-state index is 9.56. The molecule has 3 N–H and O–H groups in total. The Labute approximate surface area is 157 Å². The van der Waals surface area contributed by atoms with Crippen LogP contribution in [-0.4, -0.2) is 51.9 Å². The Kier molecular flexibility index (Phi) is 7.19. The Morgan fingerprint density at radius 3 is 2.41 bits per heavy atom. The van der Waals surface area contributed by atoms with Crippen LogP contribution in [0.1, 0.15) is 17.5 Å². The van der Waals surface area contributed by atoms with Crippen LogP contribution in [-0.2, 0) is 22.6 Å². The number of aliphatic carboxylic acids is 2. The van der Waals surface area contributed by atoms with Gasteiger partial charge in [-0.1, -0.05) is 36.4 Å². The Bertz CT molecular complexity index is 765. The summed E-state index contributed by atoms with van der Waals surface area (Å²) in [5.41, 5.74) is 2.50. The van der Waals surface area contributed by atoms with Gasteiger partial charge < -0.3 is 20.1 Å². The second-order valence-electron chi connectivity index (χ2n) is 6.36. The van der Waals surface area contributed by atoms with Crippen molar-refractivity contribution in [3.63, 3.8) is 0 Å². The molecule has 0 aliphatic carbocycles. The van der Waals surface area contributed by atoms with Gasteiger partial charge in [-0.2, -0.15) is 0 Å². The Morgan fingerprint density at radius 1 is 1.11 bits per heavy atom. The van der Waals surface area contributed by atoms with Crippen LogP contribution in [0.2, 0.25) is 0 Å². The van der Waals surface area contributed by atoms with E-state index in [0.29, 0.717) is 0 Å². The van der Waals surface area contributed by atoms with Crippen molar-refractivity contribution in [1.29, 1.82) is 0 Å². The van der Waals surface area contributed by atoms with E-state index in [9.17, 15) is 5.11 Å². The molecule has 27 heavy (non-hydrogen) atoms. The summed E-state index contributed by atoms with van der Waals surface area (Å²) in [6.07, 6.45) is 2.23. The maximum atomic E-state index is 9.56. The highest BCUT2D eigenvalue weighted by atomic mass is 16.5. The molecule has 1 aliphatic heterocycles. The molecule has 2 aromatic rings. The van der Waals surface area contributed by atoms with Crippen molar-refractivity contribution in [3.8, 4) is 11.5 Å². The molecule has 7 nitrogen and oxygen atoms in total. The lowest BCUT2D eigenvalue weighted by Gasteiger charge is -2.29.